The molecule has 1 N–H and O–H groups in total. The predicted octanol–water partition coefficient (Wildman–Crippen LogP) is 3.13. The fraction of sp³-hybridized carbons (Fsp3) is 0.526. The minimum atomic E-state index is 0.0619. The molecule has 1 atom stereocenters. The van der Waals surface area contributed by atoms with Crippen molar-refractivity contribution >= 4 is 17.2 Å². The van der Waals surface area contributed by atoms with E-state index in [9.17, 15) is 4.79 Å². The molecule has 0 radical (unpaired) electrons. The zero-order chi connectivity index (χ0) is 17.5. The van der Waals surface area contributed by atoms with Gasteiger partial charge in [0.2, 0.25) is 5.91 Å². The molecule has 0 spiro atoms. The van der Waals surface area contributed by atoms with Crippen LogP contribution in [0.1, 0.15) is 38.3 Å². The molecule has 1 fully saturated rings. The zero-order valence-electron chi connectivity index (χ0n) is 14.8. The number of nitrogens with one attached hydrogen (secondary N) is 1. The average molecular weight is 359 g/mol. The Labute approximate surface area is 153 Å². The van der Waals surface area contributed by atoms with Crippen LogP contribution >= 0.6 is 11.3 Å². The SMILES string of the molecule is CCC(CN1CCCCC1)NC(=O)Cc1csc(-c2cccnc2)n1. The molecule has 1 unspecified atom stereocenters. The summed E-state index contributed by atoms with van der Waals surface area (Å²) in [5.74, 6) is 0.0619. The van der Waals surface area contributed by atoms with Gasteiger partial charge in [-0.05, 0) is 44.5 Å². The molecule has 25 heavy (non-hydrogen) atoms. The van der Waals surface area contributed by atoms with E-state index >= 15 is 0 Å². The highest BCUT2D eigenvalue weighted by atomic mass is 32.1. The van der Waals surface area contributed by atoms with Crippen LogP contribution in [0.4, 0.5) is 0 Å². The van der Waals surface area contributed by atoms with E-state index in [1.165, 1.54) is 19.3 Å². The normalized spacial score (nSPS) is 16.5. The number of rotatable bonds is 7. The number of thiazole rings is 1. The molecule has 3 heterocycles. The van der Waals surface area contributed by atoms with E-state index in [0.29, 0.717) is 6.42 Å². The van der Waals surface area contributed by atoms with Crippen molar-refractivity contribution < 1.29 is 4.79 Å². The van der Waals surface area contributed by atoms with Crippen LogP contribution in [0.3, 0.4) is 0 Å². The van der Waals surface area contributed by atoms with E-state index in [1.54, 1.807) is 23.7 Å². The summed E-state index contributed by atoms with van der Waals surface area (Å²) in [5, 5.41) is 6.06. The molecule has 0 aliphatic carbocycles. The molecule has 2 aromatic rings. The van der Waals surface area contributed by atoms with Gasteiger partial charge < -0.3 is 10.2 Å². The van der Waals surface area contributed by atoms with Crippen molar-refractivity contribution in [1.29, 1.82) is 0 Å². The average Bonchev–Trinajstić information content (AvgIpc) is 3.11. The molecule has 1 aliphatic heterocycles. The minimum Gasteiger partial charge on any atom is -0.352 e. The maximum absolute atomic E-state index is 12.4. The number of nitrogens with zero attached hydrogens (tertiary/aromatic N) is 3. The van der Waals surface area contributed by atoms with E-state index in [1.807, 2.05) is 17.5 Å². The Kier molecular flexibility index (Phi) is 6.53. The van der Waals surface area contributed by atoms with Gasteiger partial charge in [0.05, 0.1) is 12.1 Å². The number of aromatic nitrogens is 2. The number of hydrogen-bond acceptors (Lipinski definition) is 5. The van der Waals surface area contributed by atoms with Crippen molar-refractivity contribution in [3.63, 3.8) is 0 Å². The van der Waals surface area contributed by atoms with Crippen molar-refractivity contribution in [2.24, 2.45) is 0 Å². The molecular weight excluding hydrogens is 332 g/mol. The number of piperidine rings is 1. The van der Waals surface area contributed by atoms with Gasteiger partial charge in [-0.3, -0.25) is 9.78 Å². The maximum Gasteiger partial charge on any atom is 0.226 e. The Bertz CT molecular complexity index is 667. The number of carbonyl (C=O) groups is 1. The van der Waals surface area contributed by atoms with Crippen LogP contribution in [0.25, 0.3) is 10.6 Å². The lowest BCUT2D eigenvalue weighted by Crippen LogP contribution is -2.45. The standard InChI is InChI=1S/C19H26N4OS/c1-2-16(13-23-9-4-3-5-10-23)21-18(24)11-17-14-25-19(22-17)15-7-6-8-20-12-15/h6-8,12,14,16H,2-5,9-11,13H2,1H3,(H,21,24). The molecule has 6 heteroatoms. The molecule has 0 aromatic carbocycles. The first-order chi connectivity index (χ1) is 12.2. The van der Waals surface area contributed by atoms with Crippen LogP contribution in [0.2, 0.25) is 0 Å². The Hall–Kier alpha value is -1.79. The second kappa shape index (κ2) is 9.06. The lowest BCUT2D eigenvalue weighted by molar-refractivity contribution is -0.121. The van der Waals surface area contributed by atoms with Gasteiger partial charge >= 0.3 is 0 Å². The molecule has 5 nitrogen and oxygen atoms in total. The third kappa shape index (κ3) is 5.34. The second-order valence-electron chi connectivity index (χ2n) is 6.60. The van der Waals surface area contributed by atoms with Crippen LogP contribution in [0.15, 0.2) is 29.9 Å². The molecule has 134 valence electrons. The number of hydrogen-bond donors (Lipinski definition) is 1. The summed E-state index contributed by atoms with van der Waals surface area (Å²) in [4.78, 5) is 23.6. The Morgan fingerprint density at radius 1 is 1.36 bits per heavy atom. The van der Waals surface area contributed by atoms with Gasteiger partial charge in [0.15, 0.2) is 0 Å². The molecule has 1 aliphatic rings. The molecule has 2 aromatic heterocycles. The predicted molar refractivity (Wildman–Crippen MR) is 102 cm³/mol. The number of carbonyl (C=O) groups excluding carboxylic acids is 1. The van der Waals surface area contributed by atoms with E-state index in [4.69, 9.17) is 0 Å². The first-order valence-electron chi connectivity index (χ1n) is 9.11. The van der Waals surface area contributed by atoms with Gasteiger partial charge in [0, 0.05) is 35.9 Å². The highest BCUT2D eigenvalue weighted by Crippen LogP contribution is 2.22. The Balaban J connectivity index is 1.52. The summed E-state index contributed by atoms with van der Waals surface area (Å²) < 4.78 is 0. The Morgan fingerprint density at radius 3 is 2.92 bits per heavy atom. The van der Waals surface area contributed by atoms with E-state index in [-0.39, 0.29) is 11.9 Å². The van der Waals surface area contributed by atoms with Crippen molar-refractivity contribution in [3.8, 4) is 10.6 Å². The summed E-state index contributed by atoms with van der Waals surface area (Å²) in [6.45, 7) is 5.42. The lowest BCUT2D eigenvalue weighted by atomic mass is 10.1. The monoisotopic (exact) mass is 358 g/mol. The molecule has 0 bridgehead atoms. The molecule has 3 rings (SSSR count). The summed E-state index contributed by atoms with van der Waals surface area (Å²) >= 11 is 1.56. The third-order valence-corrected chi connectivity index (χ3v) is 5.53. The smallest absolute Gasteiger partial charge is 0.226 e. The molecular formula is C19H26N4OS. The van der Waals surface area contributed by atoms with Gasteiger partial charge in [0.25, 0.3) is 0 Å². The van der Waals surface area contributed by atoms with Crippen molar-refractivity contribution in [3.05, 3.63) is 35.6 Å². The number of amides is 1. The van der Waals surface area contributed by atoms with Crippen LogP contribution < -0.4 is 5.32 Å². The van der Waals surface area contributed by atoms with Crippen LogP contribution in [-0.2, 0) is 11.2 Å². The lowest BCUT2D eigenvalue weighted by Gasteiger charge is -2.30. The number of likely N-dealkylation sites (tertiary alicyclic amines) is 1. The molecule has 0 saturated carbocycles. The zero-order valence-corrected chi connectivity index (χ0v) is 15.6. The van der Waals surface area contributed by atoms with Crippen molar-refractivity contribution in [2.75, 3.05) is 19.6 Å². The summed E-state index contributed by atoms with van der Waals surface area (Å²) in [6, 6.07) is 4.11. The van der Waals surface area contributed by atoms with Crippen molar-refractivity contribution in [1.82, 2.24) is 20.2 Å². The molecule has 1 amide bonds. The minimum absolute atomic E-state index is 0.0619. The van der Waals surface area contributed by atoms with Crippen molar-refractivity contribution in [2.45, 2.75) is 45.1 Å². The van der Waals surface area contributed by atoms with Crippen LogP contribution in [0.5, 0.6) is 0 Å². The van der Waals surface area contributed by atoms with E-state index in [0.717, 1.165) is 42.3 Å². The fourth-order valence-corrected chi connectivity index (χ4v) is 3.99. The quantitative estimate of drug-likeness (QED) is 0.826. The second-order valence-corrected chi connectivity index (χ2v) is 7.45. The summed E-state index contributed by atoms with van der Waals surface area (Å²) in [6.07, 6.45) is 8.74. The van der Waals surface area contributed by atoms with E-state index in [2.05, 4.69) is 27.1 Å². The van der Waals surface area contributed by atoms with Gasteiger partial charge in [-0.15, -0.1) is 11.3 Å². The van der Waals surface area contributed by atoms with Gasteiger partial charge in [-0.2, -0.15) is 0 Å². The van der Waals surface area contributed by atoms with Crippen LogP contribution in [0, 0.1) is 0 Å². The first-order valence-corrected chi connectivity index (χ1v) is 9.99. The van der Waals surface area contributed by atoms with Gasteiger partial charge in [-0.25, -0.2) is 4.98 Å². The van der Waals surface area contributed by atoms with Gasteiger partial charge in [-0.1, -0.05) is 13.3 Å². The summed E-state index contributed by atoms with van der Waals surface area (Å²) in [5.41, 5.74) is 1.82. The highest BCUT2D eigenvalue weighted by Gasteiger charge is 2.17. The largest absolute Gasteiger partial charge is 0.352 e. The van der Waals surface area contributed by atoms with Gasteiger partial charge in [0.1, 0.15) is 5.01 Å². The fourth-order valence-electron chi connectivity index (χ4n) is 3.18. The number of pyridine rings is 1. The third-order valence-electron chi connectivity index (χ3n) is 4.59. The maximum atomic E-state index is 12.4. The highest BCUT2D eigenvalue weighted by molar-refractivity contribution is 7.13. The first kappa shape index (κ1) is 18.0. The topological polar surface area (TPSA) is 58.1 Å². The van der Waals surface area contributed by atoms with E-state index < -0.39 is 0 Å². The molecule has 1 saturated heterocycles. The Morgan fingerprint density at radius 2 is 2.20 bits per heavy atom. The van der Waals surface area contributed by atoms with Crippen LogP contribution in [-0.4, -0.2) is 46.5 Å². The summed E-state index contributed by atoms with van der Waals surface area (Å²) in [7, 11) is 0.